The van der Waals surface area contributed by atoms with Gasteiger partial charge < -0.3 is 9.15 Å². The minimum absolute atomic E-state index is 0.0305. The summed E-state index contributed by atoms with van der Waals surface area (Å²) in [5, 5.41) is 0.334. The van der Waals surface area contributed by atoms with Crippen LogP contribution in [0.15, 0.2) is 44.3 Å². The Hall–Kier alpha value is -3.15. The normalized spacial score (nSPS) is 22.0. The van der Waals surface area contributed by atoms with Crippen LogP contribution < -0.4 is 15.9 Å². The fraction of sp³-hybridized carbons (Fsp3) is 0.318. The van der Waals surface area contributed by atoms with E-state index in [1.165, 1.54) is 17.2 Å². The Labute approximate surface area is 160 Å². The lowest BCUT2D eigenvalue weighted by molar-refractivity contribution is 0.206. The lowest BCUT2D eigenvalue weighted by Crippen LogP contribution is -2.17. The van der Waals surface area contributed by atoms with Crippen molar-refractivity contribution in [3.8, 4) is 6.01 Å². The molecule has 2 unspecified atom stereocenters. The van der Waals surface area contributed by atoms with Crippen molar-refractivity contribution in [1.29, 1.82) is 0 Å². The van der Waals surface area contributed by atoms with Crippen LogP contribution in [0.4, 0.5) is 0 Å². The number of ether oxygens (including phenoxy) is 1. The maximum absolute atomic E-state index is 12.8. The predicted molar refractivity (Wildman–Crippen MR) is 106 cm³/mol. The maximum Gasteiger partial charge on any atom is 0.337 e. The zero-order valence-electron chi connectivity index (χ0n) is 15.5. The second-order valence-corrected chi connectivity index (χ2v) is 7.61. The molecule has 10 rings (SSSR count). The lowest BCUT2D eigenvalue weighted by atomic mass is 9.86. The van der Waals surface area contributed by atoms with Gasteiger partial charge in [-0.1, -0.05) is 24.3 Å². The first-order valence-corrected chi connectivity index (χ1v) is 9.60. The molecule has 8 heterocycles. The lowest BCUT2D eigenvalue weighted by Gasteiger charge is -2.19. The Balaban J connectivity index is 1.76. The first kappa shape index (κ1) is 17.0. The SMILES string of the molecule is CC1Oc2nc3oc(=O)cc(c3c(=O)[nH]2)CC2C/C=C/c3cc1ccc3CC2. The summed E-state index contributed by atoms with van der Waals surface area (Å²) in [7, 11) is 0. The molecule has 0 radical (unpaired) electrons. The van der Waals surface area contributed by atoms with Gasteiger partial charge in [0.2, 0.25) is 5.71 Å². The van der Waals surface area contributed by atoms with Crippen LogP contribution in [0.2, 0.25) is 0 Å². The van der Waals surface area contributed by atoms with Gasteiger partial charge in [-0.3, -0.25) is 9.78 Å². The number of benzene rings is 1. The number of hydrogen-bond acceptors (Lipinski definition) is 5. The third-order valence-electron chi connectivity index (χ3n) is 5.70. The molecule has 6 nitrogen and oxygen atoms in total. The fourth-order valence-electron chi connectivity index (χ4n) is 4.19. The van der Waals surface area contributed by atoms with Gasteiger partial charge in [0.25, 0.3) is 11.6 Å². The zero-order chi connectivity index (χ0) is 19.3. The summed E-state index contributed by atoms with van der Waals surface area (Å²) in [5.41, 5.74) is 3.37. The Kier molecular flexibility index (Phi) is 3.93. The van der Waals surface area contributed by atoms with Crippen molar-refractivity contribution >= 4 is 17.2 Å². The number of aryl methyl sites for hydroxylation is 1. The van der Waals surface area contributed by atoms with Crippen molar-refractivity contribution < 1.29 is 9.15 Å². The summed E-state index contributed by atoms with van der Waals surface area (Å²) in [5.74, 6) is 0.327. The molecule has 1 N–H and O–H groups in total. The fourth-order valence-corrected chi connectivity index (χ4v) is 4.19. The van der Waals surface area contributed by atoms with E-state index in [0.29, 0.717) is 23.3 Å². The molecule has 28 heavy (non-hydrogen) atoms. The molecule has 0 saturated heterocycles. The molecule has 2 aromatic heterocycles. The number of allylic oxidation sites excluding steroid dienone is 1. The average molecular weight is 376 g/mol. The third kappa shape index (κ3) is 2.95. The summed E-state index contributed by atoms with van der Waals surface area (Å²) in [6, 6.07) is 7.82. The Morgan fingerprint density at radius 1 is 1.18 bits per heavy atom. The third-order valence-corrected chi connectivity index (χ3v) is 5.70. The van der Waals surface area contributed by atoms with E-state index in [-0.39, 0.29) is 23.4 Å². The monoisotopic (exact) mass is 376 g/mol. The molecule has 0 saturated carbocycles. The van der Waals surface area contributed by atoms with E-state index in [4.69, 9.17) is 9.15 Å². The first-order chi connectivity index (χ1) is 13.6. The van der Waals surface area contributed by atoms with Gasteiger partial charge in [-0.2, -0.15) is 4.98 Å². The van der Waals surface area contributed by atoms with Crippen molar-refractivity contribution in [2.75, 3.05) is 0 Å². The molecular weight excluding hydrogens is 356 g/mol. The van der Waals surface area contributed by atoms with Crippen LogP contribution in [0.1, 0.15) is 48.1 Å². The van der Waals surface area contributed by atoms with Crippen LogP contribution in [0.5, 0.6) is 6.01 Å². The van der Waals surface area contributed by atoms with Gasteiger partial charge in [-0.05, 0) is 66.8 Å². The van der Waals surface area contributed by atoms with E-state index in [1.54, 1.807) is 0 Å². The summed E-state index contributed by atoms with van der Waals surface area (Å²) < 4.78 is 11.1. The topological polar surface area (TPSA) is 85.2 Å². The van der Waals surface area contributed by atoms with Gasteiger partial charge in [0.05, 0.1) is 0 Å². The summed E-state index contributed by atoms with van der Waals surface area (Å²) in [6.07, 6.45) is 7.48. The highest BCUT2D eigenvalue weighted by atomic mass is 16.5. The number of nitrogens with one attached hydrogen (secondary N) is 1. The second kappa shape index (κ2) is 6.48. The van der Waals surface area contributed by atoms with E-state index >= 15 is 0 Å². The van der Waals surface area contributed by atoms with Crippen molar-refractivity contribution in [1.82, 2.24) is 9.97 Å². The van der Waals surface area contributed by atoms with Gasteiger partial charge in [0.1, 0.15) is 11.5 Å². The number of hydrogen-bond donors (Lipinski definition) is 1. The predicted octanol–water partition coefficient (Wildman–Crippen LogP) is 3.54. The van der Waals surface area contributed by atoms with Crippen molar-refractivity contribution in [2.45, 2.75) is 38.7 Å². The smallest absolute Gasteiger partial charge is 0.337 e. The van der Waals surface area contributed by atoms with Gasteiger partial charge >= 0.3 is 5.63 Å². The second-order valence-electron chi connectivity index (χ2n) is 7.61. The van der Waals surface area contributed by atoms with E-state index in [1.807, 2.05) is 6.92 Å². The summed E-state index contributed by atoms with van der Waals surface area (Å²) in [4.78, 5) is 31.8. The quantitative estimate of drug-likeness (QED) is 0.649. The molecule has 7 aliphatic rings. The van der Waals surface area contributed by atoms with Gasteiger partial charge in [-0.25, -0.2) is 4.79 Å². The molecular formula is C22H20N2O4. The summed E-state index contributed by atoms with van der Waals surface area (Å²) >= 11 is 0. The molecule has 8 bridgehead atoms. The molecule has 2 atom stereocenters. The highest BCUT2D eigenvalue weighted by Crippen LogP contribution is 2.29. The maximum atomic E-state index is 12.8. The summed E-state index contributed by atoms with van der Waals surface area (Å²) in [6.45, 7) is 1.90. The molecule has 1 aromatic carbocycles. The van der Waals surface area contributed by atoms with Crippen LogP contribution in [-0.2, 0) is 12.8 Å². The number of H-pyrrole nitrogens is 1. The number of nitrogens with zero attached hydrogens (tertiary/aromatic N) is 1. The molecule has 142 valence electrons. The van der Waals surface area contributed by atoms with Crippen molar-refractivity contribution in [3.05, 3.63) is 73.4 Å². The molecule has 0 amide bonds. The number of aromatic nitrogens is 2. The average Bonchev–Trinajstić information content (AvgIpc) is 2.63. The molecule has 0 fully saturated rings. The molecule has 1 aliphatic carbocycles. The molecule has 0 spiro atoms. The molecule has 6 aliphatic heterocycles. The van der Waals surface area contributed by atoms with Crippen LogP contribution in [0.3, 0.4) is 0 Å². The van der Waals surface area contributed by atoms with Gasteiger partial charge in [-0.15, -0.1) is 0 Å². The Bertz CT molecular complexity index is 1220. The van der Waals surface area contributed by atoms with Crippen LogP contribution in [-0.4, -0.2) is 9.97 Å². The van der Waals surface area contributed by atoms with Crippen molar-refractivity contribution in [2.24, 2.45) is 5.92 Å². The minimum Gasteiger partial charge on any atom is -0.457 e. The zero-order valence-corrected chi connectivity index (χ0v) is 15.5. The van der Waals surface area contributed by atoms with E-state index in [9.17, 15) is 9.59 Å². The van der Waals surface area contributed by atoms with Gasteiger partial charge in [0.15, 0.2) is 0 Å². The van der Waals surface area contributed by atoms with E-state index in [2.05, 4.69) is 40.3 Å². The highest BCUT2D eigenvalue weighted by Gasteiger charge is 2.20. The largest absolute Gasteiger partial charge is 0.457 e. The minimum atomic E-state index is -0.500. The molecule has 3 aromatic rings. The Morgan fingerprint density at radius 2 is 2.07 bits per heavy atom. The van der Waals surface area contributed by atoms with Crippen LogP contribution >= 0.6 is 0 Å². The standard InChI is InChI=1S/C22H20N2O4/c1-12-15-8-7-14-6-5-13(3-2-4-16(14)10-15)9-17-11-18(25)28-21-19(17)20(26)23-22(24-21)27-12/h2,4,7-8,10-13H,3,5-6,9H2,1H3,(H,23,24,26)/b4-2+. The van der Waals surface area contributed by atoms with E-state index in [0.717, 1.165) is 24.8 Å². The van der Waals surface area contributed by atoms with Crippen LogP contribution in [0, 0.1) is 5.92 Å². The van der Waals surface area contributed by atoms with Crippen LogP contribution in [0.25, 0.3) is 17.2 Å². The first-order valence-electron chi connectivity index (χ1n) is 9.60. The van der Waals surface area contributed by atoms with E-state index < -0.39 is 5.63 Å². The highest BCUT2D eigenvalue weighted by molar-refractivity contribution is 5.75. The number of aromatic amines is 1. The number of rotatable bonds is 0. The molecule has 6 heteroatoms. The Morgan fingerprint density at radius 3 is 2.96 bits per heavy atom. The van der Waals surface area contributed by atoms with Crippen molar-refractivity contribution in [3.63, 3.8) is 0 Å². The van der Waals surface area contributed by atoms with Gasteiger partial charge in [0, 0.05) is 6.07 Å².